The van der Waals surface area contributed by atoms with Crippen molar-refractivity contribution in [3.8, 4) is 17.2 Å². The van der Waals surface area contributed by atoms with Gasteiger partial charge in [-0.3, -0.25) is 14.5 Å². The van der Waals surface area contributed by atoms with Crippen molar-refractivity contribution in [2.45, 2.75) is 77.3 Å². The summed E-state index contributed by atoms with van der Waals surface area (Å²) in [4.78, 5) is 35.8. The third-order valence-corrected chi connectivity index (χ3v) is 9.36. The number of carboxylic acids is 1. The van der Waals surface area contributed by atoms with Gasteiger partial charge in [-0.25, -0.2) is 9.37 Å². The van der Waals surface area contributed by atoms with Crippen molar-refractivity contribution >= 4 is 17.6 Å². The standard InChI is InChI=1S/C35H45FN4O6/c1-6-8-24(9-7-2)40(25-10-11-27(36)22(3)16-25)32(41)20-39-19-26(23-17-29(44-5)34-30(18-23)45-21-46-34)33(35(42)43)28(39)12-13-31-37-14-15-38(31)4/h10-11,14-18,24,26,28,33H,6-9,12-13,19-21H2,1-5H3,(H,42,43)/t26-,28+,33-/m1/s1. The number of ether oxygens (including phenoxy) is 3. The number of carbonyl (C=O) groups is 2. The van der Waals surface area contributed by atoms with Crippen LogP contribution in [0.2, 0.25) is 0 Å². The smallest absolute Gasteiger partial charge is 0.308 e. The molecule has 0 radical (unpaired) electrons. The molecule has 3 aromatic rings. The maximum Gasteiger partial charge on any atom is 0.308 e. The largest absolute Gasteiger partial charge is 0.493 e. The molecule has 2 aliphatic heterocycles. The first kappa shape index (κ1) is 33.2. The number of imidazole rings is 1. The average Bonchev–Trinajstić information content (AvgIpc) is 3.76. The third kappa shape index (κ3) is 6.84. The Balaban J connectivity index is 1.52. The molecule has 3 atom stereocenters. The van der Waals surface area contributed by atoms with Crippen LogP contribution in [0.1, 0.15) is 68.8 Å². The quantitative estimate of drug-likeness (QED) is 0.240. The lowest BCUT2D eigenvalue weighted by atomic mass is 9.83. The van der Waals surface area contributed by atoms with Crippen LogP contribution in [0.25, 0.3) is 0 Å². The van der Waals surface area contributed by atoms with Gasteiger partial charge in [0.05, 0.1) is 19.6 Å². The number of hydrogen-bond donors (Lipinski definition) is 1. The van der Waals surface area contributed by atoms with Gasteiger partial charge in [0.2, 0.25) is 18.4 Å². The summed E-state index contributed by atoms with van der Waals surface area (Å²) in [5.74, 6) is -0.291. The molecule has 1 fully saturated rings. The second-order valence-electron chi connectivity index (χ2n) is 12.3. The molecule has 1 saturated heterocycles. The van der Waals surface area contributed by atoms with Crippen LogP contribution in [0, 0.1) is 18.7 Å². The number of carbonyl (C=O) groups excluding carboxylic acids is 1. The molecule has 46 heavy (non-hydrogen) atoms. The van der Waals surface area contributed by atoms with E-state index in [9.17, 15) is 19.1 Å². The summed E-state index contributed by atoms with van der Waals surface area (Å²) in [7, 11) is 3.46. The van der Waals surface area contributed by atoms with Gasteiger partial charge in [-0.15, -0.1) is 0 Å². The normalized spacial score (nSPS) is 19.2. The van der Waals surface area contributed by atoms with E-state index in [4.69, 9.17) is 14.2 Å². The number of halogens is 1. The number of nitrogens with zero attached hydrogens (tertiary/aromatic N) is 4. The number of aromatic nitrogens is 2. The summed E-state index contributed by atoms with van der Waals surface area (Å²) in [6.07, 6.45) is 8.02. The SMILES string of the molecule is CCCC(CCC)N(C(=O)CN1C[C@H](c2cc(OC)c3c(c2)OCO3)[C@@H](C(=O)O)[C@@H]1CCc1nccn1C)c1ccc(F)c(C)c1. The second-order valence-corrected chi connectivity index (χ2v) is 12.3. The average molecular weight is 637 g/mol. The van der Waals surface area contributed by atoms with Crippen molar-refractivity contribution in [3.63, 3.8) is 0 Å². The van der Waals surface area contributed by atoms with Crippen LogP contribution in [-0.4, -0.2) is 70.5 Å². The Morgan fingerprint density at radius 3 is 2.57 bits per heavy atom. The number of aryl methyl sites for hydroxylation is 3. The highest BCUT2D eigenvalue weighted by molar-refractivity contribution is 5.95. The van der Waals surface area contributed by atoms with Gasteiger partial charge in [0.25, 0.3) is 0 Å². The highest BCUT2D eigenvalue weighted by atomic mass is 19.1. The first-order valence-electron chi connectivity index (χ1n) is 16.2. The van der Waals surface area contributed by atoms with E-state index in [2.05, 4.69) is 18.8 Å². The summed E-state index contributed by atoms with van der Waals surface area (Å²) >= 11 is 0. The predicted octanol–water partition coefficient (Wildman–Crippen LogP) is 5.71. The highest BCUT2D eigenvalue weighted by Crippen LogP contribution is 2.47. The molecule has 1 amide bonds. The minimum atomic E-state index is -0.928. The molecule has 1 aromatic heterocycles. The van der Waals surface area contributed by atoms with Gasteiger partial charge in [0.1, 0.15) is 11.6 Å². The van der Waals surface area contributed by atoms with Crippen LogP contribution in [-0.2, 0) is 23.1 Å². The number of benzene rings is 2. The van der Waals surface area contributed by atoms with Gasteiger partial charge < -0.3 is 28.8 Å². The van der Waals surface area contributed by atoms with Crippen molar-refractivity contribution in [3.05, 3.63) is 65.5 Å². The monoisotopic (exact) mass is 636 g/mol. The van der Waals surface area contributed by atoms with E-state index in [0.29, 0.717) is 47.9 Å². The summed E-state index contributed by atoms with van der Waals surface area (Å²) in [6, 6.07) is 7.95. The molecule has 2 aliphatic rings. The first-order chi connectivity index (χ1) is 22.2. The van der Waals surface area contributed by atoms with Gasteiger partial charge in [0, 0.05) is 56.1 Å². The van der Waals surface area contributed by atoms with E-state index in [1.807, 2.05) is 39.7 Å². The van der Waals surface area contributed by atoms with Gasteiger partial charge >= 0.3 is 5.97 Å². The van der Waals surface area contributed by atoms with Gasteiger partial charge in [0.15, 0.2) is 11.5 Å². The molecular formula is C35H45FN4O6. The number of carboxylic acid groups (broad SMARTS) is 1. The number of rotatable bonds is 14. The van der Waals surface area contributed by atoms with Crippen molar-refractivity contribution < 1.29 is 33.3 Å². The fourth-order valence-corrected chi connectivity index (χ4v) is 7.12. The van der Waals surface area contributed by atoms with Crippen molar-refractivity contribution in [2.75, 3.05) is 31.9 Å². The van der Waals surface area contributed by atoms with Crippen LogP contribution in [0.15, 0.2) is 42.7 Å². The van der Waals surface area contributed by atoms with Crippen molar-refractivity contribution in [2.24, 2.45) is 13.0 Å². The number of anilines is 1. The van der Waals surface area contributed by atoms with Crippen LogP contribution in [0.3, 0.4) is 0 Å². The molecule has 5 rings (SSSR count). The molecule has 0 saturated carbocycles. The van der Waals surface area contributed by atoms with E-state index in [1.165, 1.54) is 6.07 Å². The fourth-order valence-electron chi connectivity index (χ4n) is 7.12. The zero-order chi connectivity index (χ0) is 33.0. The molecule has 11 heteroatoms. The van der Waals surface area contributed by atoms with Crippen molar-refractivity contribution in [1.29, 1.82) is 0 Å². The minimum absolute atomic E-state index is 0.0214. The number of amides is 1. The summed E-state index contributed by atoms with van der Waals surface area (Å²) in [5, 5.41) is 10.7. The van der Waals surface area contributed by atoms with Crippen LogP contribution in [0.4, 0.5) is 10.1 Å². The minimum Gasteiger partial charge on any atom is -0.493 e. The maximum atomic E-state index is 14.5. The maximum absolute atomic E-state index is 14.5. The molecule has 3 heterocycles. The van der Waals surface area contributed by atoms with Gasteiger partial charge in [-0.1, -0.05) is 26.7 Å². The van der Waals surface area contributed by atoms with Crippen LogP contribution < -0.4 is 19.1 Å². The Hall–Kier alpha value is -4.12. The number of aliphatic carboxylic acids is 1. The molecule has 248 valence electrons. The molecule has 10 nitrogen and oxygen atoms in total. The van der Waals surface area contributed by atoms with Gasteiger partial charge in [-0.2, -0.15) is 0 Å². The van der Waals surface area contributed by atoms with E-state index in [1.54, 1.807) is 32.4 Å². The topological polar surface area (TPSA) is 106 Å². The van der Waals surface area contributed by atoms with E-state index in [0.717, 1.165) is 37.1 Å². The zero-order valence-corrected chi connectivity index (χ0v) is 27.4. The Bertz CT molecular complexity index is 1540. The Kier molecular flexibility index (Phi) is 10.5. The molecule has 2 aromatic carbocycles. The highest BCUT2D eigenvalue weighted by Gasteiger charge is 2.48. The number of hydrogen-bond acceptors (Lipinski definition) is 7. The lowest BCUT2D eigenvalue weighted by Gasteiger charge is -2.35. The Morgan fingerprint density at radius 2 is 1.93 bits per heavy atom. The van der Waals surface area contributed by atoms with Crippen LogP contribution in [0.5, 0.6) is 17.2 Å². The van der Waals surface area contributed by atoms with E-state index >= 15 is 0 Å². The molecule has 1 N–H and O–H groups in total. The van der Waals surface area contributed by atoms with E-state index in [-0.39, 0.29) is 31.1 Å². The molecular weight excluding hydrogens is 591 g/mol. The molecule has 0 aliphatic carbocycles. The predicted molar refractivity (Wildman–Crippen MR) is 172 cm³/mol. The first-order valence-corrected chi connectivity index (χ1v) is 16.2. The molecule has 0 unspecified atom stereocenters. The lowest BCUT2D eigenvalue weighted by molar-refractivity contribution is -0.143. The third-order valence-electron chi connectivity index (χ3n) is 9.36. The Labute approximate surface area is 270 Å². The molecule has 0 bridgehead atoms. The number of methoxy groups -OCH3 is 1. The van der Waals surface area contributed by atoms with E-state index < -0.39 is 23.8 Å². The number of fused-ring (bicyclic) bond motifs is 1. The summed E-state index contributed by atoms with van der Waals surface area (Å²) < 4.78 is 33.1. The zero-order valence-electron chi connectivity index (χ0n) is 27.4. The van der Waals surface area contributed by atoms with Crippen molar-refractivity contribution in [1.82, 2.24) is 14.5 Å². The Morgan fingerprint density at radius 1 is 1.17 bits per heavy atom. The summed E-state index contributed by atoms with van der Waals surface area (Å²) in [5.41, 5.74) is 1.89. The molecule has 0 spiro atoms. The second kappa shape index (κ2) is 14.5. The summed E-state index contributed by atoms with van der Waals surface area (Å²) in [6.45, 7) is 6.32. The fraction of sp³-hybridized carbons (Fsp3) is 0.514. The van der Waals surface area contributed by atoms with Gasteiger partial charge in [-0.05, 0) is 67.6 Å². The lowest BCUT2D eigenvalue weighted by Crippen LogP contribution is -2.48. The number of likely N-dealkylation sites (tertiary alicyclic amines) is 1. The van der Waals surface area contributed by atoms with Crippen LogP contribution >= 0.6 is 0 Å².